The Morgan fingerprint density at radius 2 is 2.05 bits per heavy atom. The first-order chi connectivity index (χ1) is 10.8. The third kappa shape index (κ3) is 3.49. The van der Waals surface area contributed by atoms with Gasteiger partial charge in [0.25, 0.3) is 0 Å². The number of carbonyl (C=O) groups is 1. The van der Waals surface area contributed by atoms with Crippen molar-refractivity contribution >= 4 is 29.3 Å². The molecule has 0 aromatic heterocycles. The van der Waals surface area contributed by atoms with E-state index < -0.39 is 5.79 Å². The third-order valence-corrected chi connectivity index (χ3v) is 6.78. The van der Waals surface area contributed by atoms with Gasteiger partial charge in [0.15, 0.2) is 5.79 Å². The van der Waals surface area contributed by atoms with E-state index in [1.807, 2.05) is 23.5 Å². The molecule has 126 valence electrons. The third-order valence-electron chi connectivity index (χ3n) is 4.61. The summed E-state index contributed by atoms with van der Waals surface area (Å²) in [5, 5.41) is 0. The second-order valence-electron chi connectivity index (χ2n) is 5.88. The number of rotatable bonds is 5. The summed E-state index contributed by atoms with van der Waals surface area (Å²) in [7, 11) is 1.61. The van der Waals surface area contributed by atoms with E-state index in [-0.39, 0.29) is 24.7 Å². The highest BCUT2D eigenvalue weighted by molar-refractivity contribution is 7.99. The molecule has 0 aromatic rings. The van der Waals surface area contributed by atoms with Crippen LogP contribution in [0.1, 0.15) is 12.8 Å². The lowest BCUT2D eigenvalue weighted by Crippen LogP contribution is -2.54. The number of ether oxygens (including phenoxy) is 4. The van der Waals surface area contributed by atoms with Gasteiger partial charge in [-0.05, 0) is 5.75 Å². The summed E-state index contributed by atoms with van der Waals surface area (Å²) in [6.45, 7) is 1.47. The number of hydrogen-bond donors (Lipinski definition) is 0. The van der Waals surface area contributed by atoms with E-state index in [1.54, 1.807) is 7.11 Å². The van der Waals surface area contributed by atoms with Gasteiger partial charge in [-0.2, -0.15) is 23.5 Å². The molecule has 0 aliphatic carbocycles. The van der Waals surface area contributed by atoms with E-state index in [9.17, 15) is 4.79 Å². The van der Waals surface area contributed by atoms with Gasteiger partial charge in [-0.15, -0.1) is 0 Å². The van der Waals surface area contributed by atoms with Crippen molar-refractivity contribution in [2.75, 3.05) is 50.1 Å². The molecule has 7 heteroatoms. The second kappa shape index (κ2) is 7.85. The molecule has 3 heterocycles. The Balaban J connectivity index is 1.81. The molecule has 0 amide bonds. The highest BCUT2D eigenvalue weighted by Crippen LogP contribution is 2.44. The van der Waals surface area contributed by atoms with Crippen LogP contribution in [0.5, 0.6) is 0 Å². The van der Waals surface area contributed by atoms with Crippen LogP contribution >= 0.6 is 23.5 Å². The molecule has 0 radical (unpaired) electrons. The van der Waals surface area contributed by atoms with E-state index in [4.69, 9.17) is 18.9 Å². The fraction of sp³-hybridized carbons (Fsp3) is 0.933. The molecule has 3 fully saturated rings. The minimum atomic E-state index is -0.563. The van der Waals surface area contributed by atoms with Crippen molar-refractivity contribution in [2.24, 2.45) is 11.8 Å². The molecule has 3 saturated heterocycles. The van der Waals surface area contributed by atoms with Crippen LogP contribution in [-0.2, 0) is 23.7 Å². The van der Waals surface area contributed by atoms with E-state index in [1.165, 1.54) is 0 Å². The van der Waals surface area contributed by atoms with E-state index >= 15 is 0 Å². The van der Waals surface area contributed by atoms with Crippen molar-refractivity contribution in [1.82, 2.24) is 0 Å². The molecular weight excluding hydrogens is 324 g/mol. The van der Waals surface area contributed by atoms with Crippen molar-refractivity contribution in [3.05, 3.63) is 0 Å². The first-order valence-corrected chi connectivity index (χ1v) is 10.1. The summed E-state index contributed by atoms with van der Waals surface area (Å²) in [4.78, 5) is 12.4. The average molecular weight is 348 g/mol. The van der Waals surface area contributed by atoms with Crippen molar-refractivity contribution in [2.45, 2.75) is 24.7 Å². The van der Waals surface area contributed by atoms with Crippen molar-refractivity contribution < 1.29 is 23.7 Å². The van der Waals surface area contributed by atoms with Crippen LogP contribution in [0.2, 0.25) is 0 Å². The molecule has 0 unspecified atom stereocenters. The highest BCUT2D eigenvalue weighted by Gasteiger charge is 2.52. The smallest absolute Gasteiger partial charge is 0.175 e. The van der Waals surface area contributed by atoms with Crippen LogP contribution in [0, 0.1) is 11.8 Å². The number of hydrogen-bond acceptors (Lipinski definition) is 7. The Kier molecular flexibility index (Phi) is 6.09. The maximum Gasteiger partial charge on any atom is 0.175 e. The molecule has 1 spiro atoms. The van der Waals surface area contributed by atoms with Crippen LogP contribution in [0.25, 0.3) is 0 Å². The first-order valence-electron chi connectivity index (χ1n) is 7.83. The molecule has 22 heavy (non-hydrogen) atoms. The van der Waals surface area contributed by atoms with Gasteiger partial charge in [-0.3, -0.25) is 4.79 Å². The Bertz CT molecular complexity index is 386. The number of thioether (sulfide) groups is 2. The molecule has 3 aliphatic rings. The Hall–Kier alpha value is 0.210. The zero-order valence-corrected chi connectivity index (χ0v) is 14.6. The van der Waals surface area contributed by atoms with E-state index in [0.717, 1.165) is 29.4 Å². The minimum absolute atomic E-state index is 0.0801. The van der Waals surface area contributed by atoms with Gasteiger partial charge in [0.05, 0.1) is 25.2 Å². The maximum atomic E-state index is 12.4. The molecular formula is C15H24O5S2. The number of ketones is 1. The molecule has 0 N–H and O–H groups in total. The van der Waals surface area contributed by atoms with Crippen molar-refractivity contribution in [1.29, 1.82) is 0 Å². The van der Waals surface area contributed by atoms with Crippen LogP contribution in [-0.4, -0.2) is 67.8 Å². The number of methoxy groups -OCH3 is 1. The summed E-state index contributed by atoms with van der Waals surface area (Å²) < 4.78 is 23.1. The predicted octanol–water partition coefficient (Wildman–Crippen LogP) is 1.79. The topological polar surface area (TPSA) is 54.0 Å². The number of Topliss-reactive ketones (excluding diaryl/α,β-unsaturated/α-hetero) is 1. The van der Waals surface area contributed by atoms with Gasteiger partial charge < -0.3 is 18.9 Å². The minimum Gasteiger partial charge on any atom is -0.359 e. The molecule has 3 aliphatic heterocycles. The monoisotopic (exact) mass is 348 g/mol. The first kappa shape index (κ1) is 17.0. The summed E-state index contributed by atoms with van der Waals surface area (Å²) in [6.07, 6.45) is 1.31. The maximum absolute atomic E-state index is 12.4. The van der Waals surface area contributed by atoms with Crippen LogP contribution in [0.4, 0.5) is 0 Å². The van der Waals surface area contributed by atoms with Crippen LogP contribution in [0.3, 0.4) is 0 Å². The van der Waals surface area contributed by atoms with Crippen LogP contribution in [0.15, 0.2) is 0 Å². The summed E-state index contributed by atoms with van der Waals surface area (Å²) in [5.74, 6) is 3.42. The van der Waals surface area contributed by atoms with E-state index in [0.29, 0.717) is 25.4 Å². The van der Waals surface area contributed by atoms with Gasteiger partial charge in [0, 0.05) is 43.1 Å². The van der Waals surface area contributed by atoms with Gasteiger partial charge in [0.1, 0.15) is 12.6 Å². The highest BCUT2D eigenvalue weighted by atomic mass is 32.2. The largest absolute Gasteiger partial charge is 0.359 e. The average Bonchev–Trinajstić information content (AvgIpc) is 3.00. The molecule has 3 atom stereocenters. The lowest BCUT2D eigenvalue weighted by Gasteiger charge is -2.45. The Labute approximate surface area is 140 Å². The summed E-state index contributed by atoms with van der Waals surface area (Å²) in [6, 6.07) is 0. The van der Waals surface area contributed by atoms with Gasteiger partial charge in [0.2, 0.25) is 0 Å². The predicted molar refractivity (Wildman–Crippen MR) is 87.3 cm³/mol. The van der Waals surface area contributed by atoms with Gasteiger partial charge in [-0.1, -0.05) is 0 Å². The lowest BCUT2D eigenvalue weighted by molar-refractivity contribution is -0.233. The second-order valence-corrected chi connectivity index (χ2v) is 8.18. The zero-order chi connectivity index (χ0) is 15.4. The van der Waals surface area contributed by atoms with Gasteiger partial charge in [-0.25, -0.2) is 0 Å². The van der Waals surface area contributed by atoms with Crippen molar-refractivity contribution in [3.8, 4) is 0 Å². The van der Waals surface area contributed by atoms with Gasteiger partial charge >= 0.3 is 0 Å². The Morgan fingerprint density at radius 3 is 2.77 bits per heavy atom. The molecule has 3 rings (SSSR count). The fourth-order valence-electron chi connectivity index (χ4n) is 3.51. The van der Waals surface area contributed by atoms with Crippen LogP contribution < -0.4 is 0 Å². The molecule has 0 aromatic carbocycles. The Morgan fingerprint density at radius 1 is 1.27 bits per heavy atom. The number of carbonyl (C=O) groups excluding carboxylic acids is 1. The molecule has 0 saturated carbocycles. The standard InChI is InChI=1S/C15H24O5S2/c1-17-10-18-14(11-8-21-6-2-13(11)16)12-9-22-7-3-15(12)19-4-5-20-15/h11-12,14H,2-10H2,1H3/t11-,12+,14-/m1/s1. The zero-order valence-electron chi connectivity index (χ0n) is 13.0. The molecule has 0 bridgehead atoms. The SMILES string of the molecule is COCO[C@H]([C@@H]1CSCCC1=O)[C@@H]1CSCCC12OCCO2. The summed E-state index contributed by atoms with van der Waals surface area (Å²) in [5.41, 5.74) is 0. The lowest BCUT2D eigenvalue weighted by atomic mass is 9.82. The quantitative estimate of drug-likeness (QED) is 0.702. The fourth-order valence-corrected chi connectivity index (χ4v) is 5.94. The summed E-state index contributed by atoms with van der Waals surface area (Å²) >= 11 is 3.73. The molecule has 5 nitrogen and oxygen atoms in total. The normalized spacial score (nSPS) is 33.2. The van der Waals surface area contributed by atoms with E-state index in [2.05, 4.69) is 0 Å². The van der Waals surface area contributed by atoms with Crippen molar-refractivity contribution in [3.63, 3.8) is 0 Å².